The molecule has 1 aliphatic rings. The molecule has 2 rings (SSSR count). The van der Waals surface area contributed by atoms with E-state index in [-0.39, 0.29) is 0 Å². The Morgan fingerprint density at radius 1 is 1.53 bits per heavy atom. The van der Waals surface area contributed by atoms with E-state index in [1.54, 1.807) is 0 Å². The van der Waals surface area contributed by atoms with Crippen LogP contribution in [0.5, 0.6) is 0 Å². The van der Waals surface area contributed by atoms with Gasteiger partial charge in [-0.2, -0.15) is 0 Å². The van der Waals surface area contributed by atoms with Gasteiger partial charge in [-0.15, -0.1) is 22.9 Å². The van der Waals surface area contributed by atoms with Crippen LogP contribution in [0.15, 0.2) is 0 Å². The van der Waals surface area contributed by atoms with Crippen molar-refractivity contribution in [2.45, 2.75) is 26.8 Å². The summed E-state index contributed by atoms with van der Waals surface area (Å²) in [5.74, 6) is 1.49. The van der Waals surface area contributed by atoms with Crippen LogP contribution < -0.4 is 0 Å². The van der Waals surface area contributed by atoms with Gasteiger partial charge < -0.3 is 0 Å². The fourth-order valence-corrected chi connectivity index (χ4v) is 3.21. The zero-order valence-corrected chi connectivity index (χ0v) is 10.9. The van der Waals surface area contributed by atoms with E-state index in [1.807, 2.05) is 11.3 Å². The van der Waals surface area contributed by atoms with Crippen LogP contribution in [-0.2, 0) is 6.54 Å². The molecule has 1 aromatic rings. The lowest BCUT2D eigenvalue weighted by Gasteiger charge is -2.12. The minimum Gasteiger partial charge on any atom is -0.296 e. The van der Waals surface area contributed by atoms with E-state index in [2.05, 4.69) is 23.7 Å². The number of hydrogen-bond donors (Lipinski definition) is 0. The predicted molar refractivity (Wildman–Crippen MR) is 65.7 cm³/mol. The maximum Gasteiger partial charge on any atom is 0.107 e. The van der Waals surface area contributed by atoms with Crippen molar-refractivity contribution in [1.29, 1.82) is 0 Å². The topological polar surface area (TPSA) is 16.1 Å². The molecule has 0 amide bonds. The van der Waals surface area contributed by atoms with Crippen molar-refractivity contribution in [2.24, 2.45) is 5.92 Å². The lowest BCUT2D eigenvalue weighted by atomic mass is 10.2. The fraction of sp³-hybridized carbons (Fsp3) is 0.727. The van der Waals surface area contributed by atoms with Crippen LogP contribution in [0.25, 0.3) is 0 Å². The molecule has 1 aromatic heterocycles. The zero-order chi connectivity index (χ0) is 10.8. The highest BCUT2D eigenvalue weighted by Crippen LogP contribution is 2.22. The molecule has 84 valence electrons. The monoisotopic (exact) mass is 244 g/mol. The largest absolute Gasteiger partial charge is 0.296 e. The van der Waals surface area contributed by atoms with Gasteiger partial charge in [0.05, 0.1) is 12.2 Å². The Morgan fingerprint density at radius 2 is 2.33 bits per heavy atom. The first-order valence-corrected chi connectivity index (χ1v) is 6.75. The molecule has 1 aliphatic heterocycles. The number of aromatic nitrogens is 1. The third-order valence-corrected chi connectivity index (χ3v) is 4.51. The molecule has 0 radical (unpaired) electrons. The van der Waals surface area contributed by atoms with Crippen LogP contribution in [0.4, 0.5) is 0 Å². The van der Waals surface area contributed by atoms with Gasteiger partial charge in [-0.1, -0.05) is 0 Å². The molecule has 0 spiro atoms. The summed E-state index contributed by atoms with van der Waals surface area (Å²) in [4.78, 5) is 8.38. The number of likely N-dealkylation sites (tertiary alicyclic amines) is 1. The Labute approximate surface area is 100 Å². The van der Waals surface area contributed by atoms with Crippen molar-refractivity contribution in [2.75, 3.05) is 19.0 Å². The van der Waals surface area contributed by atoms with Gasteiger partial charge in [0.15, 0.2) is 0 Å². The fourth-order valence-electron chi connectivity index (χ4n) is 1.98. The Bertz CT molecular complexity index is 318. The first-order chi connectivity index (χ1) is 7.19. The van der Waals surface area contributed by atoms with Gasteiger partial charge in [0, 0.05) is 17.3 Å². The molecular formula is C11H17ClN2S. The van der Waals surface area contributed by atoms with Crippen LogP contribution in [0.3, 0.4) is 0 Å². The summed E-state index contributed by atoms with van der Waals surface area (Å²) in [7, 11) is 0. The molecule has 0 N–H and O–H groups in total. The van der Waals surface area contributed by atoms with E-state index < -0.39 is 0 Å². The van der Waals surface area contributed by atoms with E-state index >= 15 is 0 Å². The Morgan fingerprint density at radius 3 is 2.87 bits per heavy atom. The number of aryl methyl sites for hydroxylation is 2. The summed E-state index contributed by atoms with van der Waals surface area (Å²) in [6.07, 6.45) is 1.24. The highest BCUT2D eigenvalue weighted by molar-refractivity contribution is 7.11. The van der Waals surface area contributed by atoms with Gasteiger partial charge in [-0.05, 0) is 32.7 Å². The molecule has 0 aliphatic carbocycles. The minimum atomic E-state index is 0.689. The first-order valence-electron chi connectivity index (χ1n) is 5.40. The van der Waals surface area contributed by atoms with Crippen LogP contribution in [0, 0.1) is 19.8 Å². The SMILES string of the molecule is Cc1nc(CN2CCC(CCl)C2)sc1C. The maximum atomic E-state index is 5.87. The van der Waals surface area contributed by atoms with Crippen molar-refractivity contribution in [3.63, 3.8) is 0 Å². The highest BCUT2D eigenvalue weighted by Gasteiger charge is 2.22. The molecule has 1 fully saturated rings. The Kier molecular flexibility index (Phi) is 3.65. The van der Waals surface area contributed by atoms with Gasteiger partial charge in [0.1, 0.15) is 5.01 Å². The summed E-state index contributed by atoms with van der Waals surface area (Å²) in [6.45, 7) is 7.55. The third kappa shape index (κ3) is 2.71. The molecule has 0 saturated carbocycles. The lowest BCUT2D eigenvalue weighted by Crippen LogP contribution is -2.20. The summed E-state index contributed by atoms with van der Waals surface area (Å²) in [5, 5.41) is 1.25. The van der Waals surface area contributed by atoms with E-state index in [4.69, 9.17) is 11.6 Å². The molecule has 2 heterocycles. The maximum absolute atomic E-state index is 5.87. The lowest BCUT2D eigenvalue weighted by molar-refractivity contribution is 0.320. The highest BCUT2D eigenvalue weighted by atomic mass is 35.5. The molecular weight excluding hydrogens is 228 g/mol. The predicted octanol–water partition coefficient (Wildman–Crippen LogP) is 2.82. The molecule has 1 saturated heterocycles. The molecule has 2 nitrogen and oxygen atoms in total. The smallest absolute Gasteiger partial charge is 0.107 e. The van der Waals surface area contributed by atoms with Gasteiger partial charge in [-0.25, -0.2) is 4.98 Å². The summed E-state index contributed by atoms with van der Waals surface area (Å²) in [6, 6.07) is 0. The molecule has 15 heavy (non-hydrogen) atoms. The van der Waals surface area contributed by atoms with Crippen LogP contribution in [0.2, 0.25) is 0 Å². The summed E-state index contributed by atoms with van der Waals surface area (Å²) >= 11 is 7.69. The second-order valence-electron chi connectivity index (χ2n) is 4.29. The molecule has 1 atom stereocenters. The molecule has 4 heteroatoms. The molecule has 0 bridgehead atoms. The number of hydrogen-bond acceptors (Lipinski definition) is 3. The van der Waals surface area contributed by atoms with Crippen LogP contribution in [0.1, 0.15) is 22.0 Å². The van der Waals surface area contributed by atoms with E-state index in [9.17, 15) is 0 Å². The van der Waals surface area contributed by atoms with Crippen LogP contribution >= 0.6 is 22.9 Å². The van der Waals surface area contributed by atoms with Gasteiger partial charge in [0.25, 0.3) is 0 Å². The van der Waals surface area contributed by atoms with Crippen molar-refractivity contribution >= 4 is 22.9 Å². The number of halogens is 1. The van der Waals surface area contributed by atoms with E-state index in [0.29, 0.717) is 5.92 Å². The van der Waals surface area contributed by atoms with Crippen LogP contribution in [-0.4, -0.2) is 28.9 Å². The quantitative estimate of drug-likeness (QED) is 0.761. The first kappa shape index (κ1) is 11.4. The van der Waals surface area contributed by atoms with Gasteiger partial charge >= 0.3 is 0 Å². The van der Waals surface area contributed by atoms with Gasteiger partial charge in [0.2, 0.25) is 0 Å². The third-order valence-electron chi connectivity index (χ3n) is 3.02. The number of nitrogens with zero attached hydrogens (tertiary/aromatic N) is 2. The summed E-state index contributed by atoms with van der Waals surface area (Å²) in [5.41, 5.74) is 1.18. The average molecular weight is 245 g/mol. The average Bonchev–Trinajstić information content (AvgIpc) is 2.76. The number of rotatable bonds is 3. The zero-order valence-electron chi connectivity index (χ0n) is 9.29. The Hall–Kier alpha value is -0.120. The van der Waals surface area contributed by atoms with Gasteiger partial charge in [-0.3, -0.25) is 4.90 Å². The van der Waals surface area contributed by atoms with E-state index in [0.717, 1.165) is 19.0 Å². The van der Waals surface area contributed by atoms with Crippen molar-refractivity contribution in [3.05, 3.63) is 15.6 Å². The Balaban J connectivity index is 1.92. The minimum absolute atomic E-state index is 0.689. The molecule has 0 aromatic carbocycles. The second kappa shape index (κ2) is 4.81. The normalized spacial score (nSPS) is 22.5. The number of thiazole rings is 1. The molecule has 1 unspecified atom stereocenters. The standard InChI is InChI=1S/C11H17ClN2S/c1-8-9(2)15-11(13-8)7-14-4-3-10(5-12)6-14/h10H,3-7H2,1-2H3. The second-order valence-corrected chi connectivity index (χ2v) is 5.89. The van der Waals surface area contributed by atoms with Crippen molar-refractivity contribution in [1.82, 2.24) is 9.88 Å². The number of alkyl halides is 1. The van der Waals surface area contributed by atoms with Crippen molar-refractivity contribution < 1.29 is 0 Å². The van der Waals surface area contributed by atoms with E-state index in [1.165, 1.54) is 28.5 Å². The summed E-state index contributed by atoms with van der Waals surface area (Å²) < 4.78 is 0. The van der Waals surface area contributed by atoms with Crippen molar-refractivity contribution in [3.8, 4) is 0 Å².